The second kappa shape index (κ2) is 6.89. The van der Waals surface area contributed by atoms with Gasteiger partial charge in [-0.3, -0.25) is 9.59 Å². The molecule has 5 heteroatoms. The average molecular weight is 285 g/mol. The molecule has 110 valence electrons. The highest BCUT2D eigenvalue weighted by atomic mass is 16.2. The van der Waals surface area contributed by atoms with Gasteiger partial charge in [-0.05, 0) is 43.0 Å². The van der Waals surface area contributed by atoms with Crippen molar-refractivity contribution < 1.29 is 9.59 Å². The molecule has 0 spiro atoms. The van der Waals surface area contributed by atoms with Crippen LogP contribution in [0, 0.1) is 17.2 Å². The van der Waals surface area contributed by atoms with Crippen molar-refractivity contribution in [1.82, 2.24) is 4.90 Å². The van der Waals surface area contributed by atoms with Crippen LogP contribution in [0.25, 0.3) is 0 Å². The Bertz CT molecular complexity index is 552. The minimum absolute atomic E-state index is 0.0387. The summed E-state index contributed by atoms with van der Waals surface area (Å²) in [6.45, 7) is 3.82. The van der Waals surface area contributed by atoms with Crippen molar-refractivity contribution in [3.05, 3.63) is 29.8 Å². The lowest BCUT2D eigenvalue weighted by Crippen LogP contribution is -2.37. The third-order valence-electron chi connectivity index (χ3n) is 3.73. The van der Waals surface area contributed by atoms with Crippen LogP contribution in [-0.2, 0) is 4.79 Å². The van der Waals surface area contributed by atoms with Crippen LogP contribution >= 0.6 is 0 Å². The number of hydrogen-bond acceptors (Lipinski definition) is 3. The van der Waals surface area contributed by atoms with Crippen LogP contribution in [-0.4, -0.2) is 29.8 Å². The predicted molar refractivity (Wildman–Crippen MR) is 79.6 cm³/mol. The summed E-state index contributed by atoms with van der Waals surface area (Å²) in [7, 11) is 0. The van der Waals surface area contributed by atoms with Crippen LogP contribution in [0.3, 0.4) is 0 Å². The summed E-state index contributed by atoms with van der Waals surface area (Å²) < 4.78 is 0. The minimum atomic E-state index is -0.346. The molecule has 0 bridgehead atoms. The van der Waals surface area contributed by atoms with E-state index in [1.54, 1.807) is 30.3 Å². The molecule has 1 fully saturated rings. The Kier molecular flexibility index (Phi) is 4.94. The highest BCUT2D eigenvalue weighted by molar-refractivity contribution is 5.96. The van der Waals surface area contributed by atoms with Crippen LogP contribution in [0.15, 0.2) is 24.3 Å². The smallest absolute Gasteiger partial charge is 0.253 e. The molecule has 1 aromatic carbocycles. The molecule has 2 amide bonds. The summed E-state index contributed by atoms with van der Waals surface area (Å²) in [5.74, 6) is 0.380. The molecule has 1 aromatic rings. The van der Waals surface area contributed by atoms with Crippen LogP contribution in [0.2, 0.25) is 0 Å². The highest BCUT2D eigenvalue weighted by Crippen LogP contribution is 2.19. The summed E-state index contributed by atoms with van der Waals surface area (Å²) in [6, 6.07) is 8.59. The van der Waals surface area contributed by atoms with E-state index >= 15 is 0 Å². The Labute approximate surface area is 124 Å². The molecular formula is C16H19N3O2. The van der Waals surface area contributed by atoms with Gasteiger partial charge >= 0.3 is 0 Å². The third-order valence-corrected chi connectivity index (χ3v) is 3.73. The fourth-order valence-electron chi connectivity index (χ4n) is 2.37. The Hall–Kier alpha value is -2.35. The van der Waals surface area contributed by atoms with Gasteiger partial charge in [0.2, 0.25) is 5.91 Å². The molecule has 1 N–H and O–H groups in total. The quantitative estimate of drug-likeness (QED) is 0.926. The molecule has 0 unspecified atom stereocenters. The van der Waals surface area contributed by atoms with Crippen molar-refractivity contribution in [2.24, 2.45) is 5.92 Å². The van der Waals surface area contributed by atoms with Gasteiger partial charge in [-0.15, -0.1) is 0 Å². The number of piperidine rings is 1. The first-order valence-corrected chi connectivity index (χ1v) is 7.16. The molecular weight excluding hydrogens is 266 g/mol. The number of nitriles is 1. The van der Waals surface area contributed by atoms with Gasteiger partial charge in [0, 0.05) is 24.3 Å². The number of nitrogens with zero attached hydrogens (tertiary/aromatic N) is 2. The van der Waals surface area contributed by atoms with E-state index in [2.05, 4.69) is 12.2 Å². The fourth-order valence-corrected chi connectivity index (χ4v) is 2.37. The largest absolute Gasteiger partial charge is 0.339 e. The van der Waals surface area contributed by atoms with E-state index in [-0.39, 0.29) is 18.2 Å². The van der Waals surface area contributed by atoms with Crippen molar-refractivity contribution in [2.75, 3.05) is 18.4 Å². The Morgan fingerprint density at radius 3 is 2.48 bits per heavy atom. The zero-order chi connectivity index (χ0) is 15.2. The summed E-state index contributed by atoms with van der Waals surface area (Å²) in [5.41, 5.74) is 1.22. The summed E-state index contributed by atoms with van der Waals surface area (Å²) in [5, 5.41) is 11.0. The summed E-state index contributed by atoms with van der Waals surface area (Å²) in [6.07, 6.45) is 1.93. The van der Waals surface area contributed by atoms with E-state index in [1.807, 2.05) is 4.90 Å². The number of anilines is 1. The van der Waals surface area contributed by atoms with Gasteiger partial charge in [0.15, 0.2) is 0 Å². The van der Waals surface area contributed by atoms with E-state index in [9.17, 15) is 9.59 Å². The molecule has 0 aliphatic carbocycles. The number of amides is 2. The zero-order valence-electron chi connectivity index (χ0n) is 12.1. The van der Waals surface area contributed by atoms with Gasteiger partial charge in [0.1, 0.15) is 6.42 Å². The van der Waals surface area contributed by atoms with Gasteiger partial charge in [-0.25, -0.2) is 0 Å². The molecule has 1 aliphatic rings. The maximum atomic E-state index is 12.3. The van der Waals surface area contributed by atoms with E-state index in [0.717, 1.165) is 25.9 Å². The van der Waals surface area contributed by atoms with Crippen molar-refractivity contribution >= 4 is 17.5 Å². The number of carbonyl (C=O) groups is 2. The van der Waals surface area contributed by atoms with E-state index in [4.69, 9.17) is 5.26 Å². The monoisotopic (exact) mass is 285 g/mol. The highest BCUT2D eigenvalue weighted by Gasteiger charge is 2.21. The van der Waals surface area contributed by atoms with Crippen LogP contribution in [0.4, 0.5) is 5.69 Å². The van der Waals surface area contributed by atoms with Gasteiger partial charge in [-0.2, -0.15) is 5.26 Å². The number of nitrogens with one attached hydrogen (secondary N) is 1. The molecule has 2 rings (SSSR count). The fraction of sp³-hybridized carbons (Fsp3) is 0.438. The topological polar surface area (TPSA) is 73.2 Å². The normalized spacial score (nSPS) is 15.3. The zero-order valence-corrected chi connectivity index (χ0v) is 12.1. The van der Waals surface area contributed by atoms with Crippen LogP contribution < -0.4 is 5.32 Å². The van der Waals surface area contributed by atoms with Gasteiger partial charge in [0.05, 0.1) is 6.07 Å². The predicted octanol–water partition coefficient (Wildman–Crippen LogP) is 2.41. The second-order valence-corrected chi connectivity index (χ2v) is 5.44. The Morgan fingerprint density at radius 2 is 1.90 bits per heavy atom. The summed E-state index contributed by atoms with van der Waals surface area (Å²) >= 11 is 0. The lowest BCUT2D eigenvalue weighted by atomic mass is 9.98. The number of rotatable bonds is 3. The maximum Gasteiger partial charge on any atom is 0.253 e. The molecule has 1 saturated heterocycles. The van der Waals surface area contributed by atoms with Crippen molar-refractivity contribution in [3.63, 3.8) is 0 Å². The molecule has 1 heterocycles. The number of carbonyl (C=O) groups excluding carboxylic acids is 2. The van der Waals surface area contributed by atoms with Crippen LogP contribution in [0.5, 0.6) is 0 Å². The van der Waals surface area contributed by atoms with E-state index in [1.165, 1.54) is 0 Å². The van der Waals surface area contributed by atoms with Crippen LogP contribution in [0.1, 0.15) is 36.5 Å². The minimum Gasteiger partial charge on any atom is -0.339 e. The van der Waals surface area contributed by atoms with Crippen molar-refractivity contribution in [1.29, 1.82) is 5.26 Å². The first-order chi connectivity index (χ1) is 10.1. The lowest BCUT2D eigenvalue weighted by molar-refractivity contribution is -0.115. The Balaban J connectivity index is 1.97. The molecule has 21 heavy (non-hydrogen) atoms. The van der Waals surface area contributed by atoms with Crippen molar-refractivity contribution in [2.45, 2.75) is 26.2 Å². The lowest BCUT2D eigenvalue weighted by Gasteiger charge is -2.30. The standard InChI is InChI=1S/C16H19N3O2/c1-12-7-10-19(11-8-12)16(21)13-2-4-14(5-3-13)18-15(20)6-9-17/h2-5,12H,6-8,10-11H2,1H3,(H,18,20). The SMILES string of the molecule is CC1CCN(C(=O)c2ccc(NC(=O)CC#N)cc2)CC1. The first-order valence-electron chi connectivity index (χ1n) is 7.16. The molecule has 0 saturated carbocycles. The van der Waals surface area contributed by atoms with Crippen molar-refractivity contribution in [3.8, 4) is 6.07 Å². The average Bonchev–Trinajstić information content (AvgIpc) is 2.48. The third kappa shape index (κ3) is 4.06. The van der Waals surface area contributed by atoms with E-state index in [0.29, 0.717) is 17.2 Å². The molecule has 0 radical (unpaired) electrons. The van der Waals surface area contributed by atoms with Gasteiger partial charge in [0.25, 0.3) is 5.91 Å². The van der Waals surface area contributed by atoms with Gasteiger partial charge < -0.3 is 10.2 Å². The van der Waals surface area contributed by atoms with Gasteiger partial charge in [-0.1, -0.05) is 6.92 Å². The second-order valence-electron chi connectivity index (χ2n) is 5.44. The molecule has 5 nitrogen and oxygen atoms in total. The molecule has 1 aliphatic heterocycles. The first kappa shape index (κ1) is 15.0. The number of hydrogen-bond donors (Lipinski definition) is 1. The Morgan fingerprint density at radius 1 is 1.29 bits per heavy atom. The van der Waals surface area contributed by atoms with E-state index < -0.39 is 0 Å². The molecule has 0 atom stereocenters. The summed E-state index contributed by atoms with van der Waals surface area (Å²) in [4.78, 5) is 25.5. The number of likely N-dealkylation sites (tertiary alicyclic amines) is 1. The number of benzene rings is 1. The molecule has 0 aromatic heterocycles. The maximum absolute atomic E-state index is 12.3.